The molecule has 4 rings (SSSR count). The first-order valence-corrected chi connectivity index (χ1v) is 9.27. The van der Waals surface area contributed by atoms with Crippen molar-refractivity contribution in [1.82, 2.24) is 4.57 Å². The maximum atomic E-state index is 12.7. The van der Waals surface area contributed by atoms with Gasteiger partial charge in [-0.1, -0.05) is 17.7 Å². The molecule has 7 nitrogen and oxygen atoms in total. The molecule has 1 fully saturated rings. The van der Waals surface area contributed by atoms with E-state index in [9.17, 15) is 14.4 Å². The molecule has 0 aliphatic carbocycles. The molecule has 7 heteroatoms. The Labute approximate surface area is 161 Å². The molecule has 0 unspecified atom stereocenters. The molecule has 0 saturated carbocycles. The van der Waals surface area contributed by atoms with Gasteiger partial charge in [0.2, 0.25) is 11.8 Å². The van der Waals surface area contributed by atoms with Gasteiger partial charge in [0.15, 0.2) is 5.58 Å². The first-order valence-electron chi connectivity index (χ1n) is 9.27. The number of carbonyl (C=O) groups is 2. The number of fused-ring (bicyclic) bond motifs is 1. The predicted octanol–water partition coefficient (Wildman–Crippen LogP) is 2.91. The summed E-state index contributed by atoms with van der Waals surface area (Å²) in [7, 11) is 0. The van der Waals surface area contributed by atoms with E-state index in [-0.39, 0.29) is 18.2 Å². The van der Waals surface area contributed by atoms with Gasteiger partial charge in [-0.15, -0.1) is 0 Å². The van der Waals surface area contributed by atoms with E-state index in [1.165, 1.54) is 4.57 Å². The number of hydrogen-bond donors (Lipinski definition) is 1. The minimum atomic E-state index is -0.434. The first-order chi connectivity index (χ1) is 13.5. The molecule has 1 aliphatic heterocycles. The molecule has 1 N–H and O–H groups in total. The fourth-order valence-electron chi connectivity index (χ4n) is 3.55. The predicted molar refractivity (Wildman–Crippen MR) is 106 cm³/mol. The summed E-state index contributed by atoms with van der Waals surface area (Å²) in [5, 5.41) is 2.84. The zero-order valence-corrected chi connectivity index (χ0v) is 15.8. The summed E-state index contributed by atoms with van der Waals surface area (Å²) in [4.78, 5) is 38.5. The number of benzene rings is 2. The summed E-state index contributed by atoms with van der Waals surface area (Å²) < 4.78 is 6.76. The second-order valence-corrected chi connectivity index (χ2v) is 7.02. The summed E-state index contributed by atoms with van der Waals surface area (Å²) in [6.45, 7) is 4.70. The highest BCUT2D eigenvalue weighted by molar-refractivity contribution is 6.03. The molecule has 2 aromatic carbocycles. The lowest BCUT2D eigenvalue weighted by Gasteiger charge is -2.17. The highest BCUT2D eigenvalue weighted by atomic mass is 16.4. The highest BCUT2D eigenvalue weighted by Crippen LogP contribution is 2.27. The Hall–Kier alpha value is -3.35. The molecule has 1 aliphatic rings. The summed E-state index contributed by atoms with van der Waals surface area (Å²) >= 11 is 0. The Morgan fingerprint density at radius 1 is 1.18 bits per heavy atom. The molecule has 28 heavy (non-hydrogen) atoms. The van der Waals surface area contributed by atoms with Gasteiger partial charge in [-0.25, -0.2) is 4.79 Å². The second-order valence-electron chi connectivity index (χ2n) is 7.02. The van der Waals surface area contributed by atoms with Crippen molar-refractivity contribution < 1.29 is 14.0 Å². The molecule has 2 amide bonds. The normalized spacial score (nSPS) is 16.7. The Morgan fingerprint density at radius 2 is 1.93 bits per heavy atom. The highest BCUT2D eigenvalue weighted by Gasteiger charge is 2.35. The third kappa shape index (κ3) is 3.19. The molecule has 0 spiro atoms. The number of aromatic nitrogens is 1. The van der Waals surface area contributed by atoms with Gasteiger partial charge in [-0.3, -0.25) is 14.2 Å². The maximum Gasteiger partial charge on any atom is 0.419 e. The van der Waals surface area contributed by atoms with Gasteiger partial charge in [0.05, 0.1) is 11.4 Å². The van der Waals surface area contributed by atoms with E-state index in [0.717, 1.165) is 11.3 Å². The SMILES string of the molecule is CCn1c(=O)oc2cc(NC(=O)[C@H]3CC(=O)N(c4ccc(C)cc4)C3)ccc21. The van der Waals surface area contributed by atoms with Crippen LogP contribution in [0.5, 0.6) is 0 Å². The van der Waals surface area contributed by atoms with Crippen LogP contribution in [0.15, 0.2) is 51.7 Å². The van der Waals surface area contributed by atoms with Crippen LogP contribution in [0, 0.1) is 12.8 Å². The van der Waals surface area contributed by atoms with Crippen molar-refractivity contribution in [2.24, 2.45) is 5.92 Å². The lowest BCUT2D eigenvalue weighted by atomic mass is 10.1. The van der Waals surface area contributed by atoms with Crippen molar-refractivity contribution in [3.63, 3.8) is 0 Å². The van der Waals surface area contributed by atoms with Gasteiger partial charge < -0.3 is 14.6 Å². The van der Waals surface area contributed by atoms with Gasteiger partial charge in [0.25, 0.3) is 0 Å². The Morgan fingerprint density at radius 3 is 2.64 bits per heavy atom. The third-order valence-corrected chi connectivity index (χ3v) is 5.09. The van der Waals surface area contributed by atoms with Gasteiger partial charge in [0.1, 0.15) is 0 Å². The molecule has 2 heterocycles. The van der Waals surface area contributed by atoms with Crippen molar-refractivity contribution in [2.45, 2.75) is 26.8 Å². The van der Waals surface area contributed by atoms with E-state index in [0.29, 0.717) is 29.9 Å². The lowest BCUT2D eigenvalue weighted by Crippen LogP contribution is -2.28. The average molecular weight is 379 g/mol. The molecule has 1 atom stereocenters. The van der Waals surface area contributed by atoms with Crippen LogP contribution in [0.1, 0.15) is 18.9 Å². The fourth-order valence-corrected chi connectivity index (χ4v) is 3.55. The number of carbonyl (C=O) groups excluding carboxylic acids is 2. The van der Waals surface area contributed by atoms with Gasteiger partial charge in [0, 0.05) is 37.0 Å². The van der Waals surface area contributed by atoms with E-state index in [4.69, 9.17) is 4.42 Å². The van der Waals surface area contributed by atoms with Crippen molar-refractivity contribution in [3.8, 4) is 0 Å². The lowest BCUT2D eigenvalue weighted by molar-refractivity contribution is -0.122. The van der Waals surface area contributed by atoms with Crippen molar-refractivity contribution in [2.75, 3.05) is 16.8 Å². The fraction of sp³-hybridized carbons (Fsp3) is 0.286. The Bertz CT molecular complexity index is 1110. The van der Waals surface area contributed by atoms with Crippen LogP contribution in [0.2, 0.25) is 0 Å². The minimum absolute atomic E-state index is 0.0644. The smallest absolute Gasteiger partial charge is 0.408 e. The largest absolute Gasteiger partial charge is 0.419 e. The summed E-state index contributed by atoms with van der Waals surface area (Å²) in [5.41, 5.74) is 3.56. The van der Waals surface area contributed by atoms with Crippen LogP contribution < -0.4 is 16.0 Å². The van der Waals surface area contributed by atoms with Crippen molar-refractivity contribution in [3.05, 3.63) is 58.6 Å². The first kappa shape index (κ1) is 18.0. The molecular weight excluding hydrogens is 358 g/mol. The Kier molecular flexibility index (Phi) is 4.50. The average Bonchev–Trinajstić information content (AvgIpc) is 3.21. The molecule has 1 aromatic heterocycles. The van der Waals surface area contributed by atoms with Gasteiger partial charge >= 0.3 is 5.76 Å². The van der Waals surface area contributed by atoms with E-state index >= 15 is 0 Å². The Balaban J connectivity index is 1.49. The number of aryl methyl sites for hydroxylation is 2. The van der Waals surface area contributed by atoms with E-state index < -0.39 is 11.7 Å². The van der Waals surface area contributed by atoms with Crippen LogP contribution in [0.4, 0.5) is 11.4 Å². The zero-order chi connectivity index (χ0) is 19.8. The number of nitrogens with zero attached hydrogens (tertiary/aromatic N) is 2. The number of rotatable bonds is 4. The maximum absolute atomic E-state index is 12.7. The van der Waals surface area contributed by atoms with Crippen molar-refractivity contribution >= 4 is 34.3 Å². The number of anilines is 2. The number of oxazole rings is 1. The quantitative estimate of drug-likeness (QED) is 0.755. The summed E-state index contributed by atoms with van der Waals surface area (Å²) in [6, 6.07) is 12.8. The van der Waals surface area contributed by atoms with Crippen LogP contribution in [0.3, 0.4) is 0 Å². The van der Waals surface area contributed by atoms with E-state index in [1.807, 2.05) is 38.1 Å². The molecular formula is C21H21N3O4. The molecule has 0 radical (unpaired) electrons. The van der Waals surface area contributed by atoms with E-state index in [2.05, 4.69) is 5.32 Å². The summed E-state index contributed by atoms with van der Waals surface area (Å²) in [6.07, 6.45) is 0.170. The standard InChI is InChI=1S/C21H21N3O4/c1-3-23-17-9-6-15(11-18(17)28-21(23)27)22-20(26)14-10-19(25)24(12-14)16-7-4-13(2)5-8-16/h4-9,11,14H,3,10,12H2,1-2H3,(H,22,26)/t14-/m0/s1. The number of amides is 2. The summed E-state index contributed by atoms with van der Waals surface area (Å²) in [5.74, 6) is -1.14. The monoisotopic (exact) mass is 379 g/mol. The molecule has 0 bridgehead atoms. The van der Waals surface area contributed by atoms with Crippen LogP contribution in [-0.4, -0.2) is 22.9 Å². The number of hydrogen-bond acceptors (Lipinski definition) is 4. The molecule has 1 saturated heterocycles. The van der Waals surface area contributed by atoms with Gasteiger partial charge in [-0.2, -0.15) is 0 Å². The van der Waals surface area contributed by atoms with Crippen LogP contribution >= 0.6 is 0 Å². The second kappa shape index (κ2) is 6.99. The zero-order valence-electron chi connectivity index (χ0n) is 15.8. The number of nitrogens with one attached hydrogen (secondary N) is 1. The molecule has 144 valence electrons. The van der Waals surface area contributed by atoms with Crippen molar-refractivity contribution in [1.29, 1.82) is 0 Å². The molecule has 3 aromatic rings. The van der Waals surface area contributed by atoms with Crippen LogP contribution in [0.25, 0.3) is 11.1 Å². The van der Waals surface area contributed by atoms with Crippen LogP contribution in [-0.2, 0) is 16.1 Å². The van der Waals surface area contributed by atoms with E-state index in [1.54, 1.807) is 23.1 Å². The minimum Gasteiger partial charge on any atom is -0.408 e. The van der Waals surface area contributed by atoms with Gasteiger partial charge in [-0.05, 0) is 38.1 Å². The third-order valence-electron chi connectivity index (χ3n) is 5.09. The topological polar surface area (TPSA) is 84.5 Å².